The van der Waals surface area contributed by atoms with E-state index in [0.717, 1.165) is 5.56 Å². The standard InChI is InChI=1S/C17H18ClNO3S/c18-13-8-6-12(7-9-13)15-16(17(15,10-19)11-20)23(21,22)14-4-2-1-3-5-14/h1-9,15-16,20H,10-11,19H2/t15-,16-,17-/m0/s1. The second-order valence-electron chi connectivity index (χ2n) is 5.90. The number of aliphatic hydroxyl groups is 1. The Balaban J connectivity index is 2.05. The fourth-order valence-electron chi connectivity index (χ4n) is 3.37. The van der Waals surface area contributed by atoms with E-state index >= 15 is 0 Å². The molecule has 1 fully saturated rings. The van der Waals surface area contributed by atoms with Crippen LogP contribution in [0, 0.1) is 5.41 Å². The summed E-state index contributed by atoms with van der Waals surface area (Å²) in [6.07, 6.45) is 0. The van der Waals surface area contributed by atoms with Gasteiger partial charge in [-0.15, -0.1) is 0 Å². The highest BCUT2D eigenvalue weighted by Crippen LogP contribution is 2.63. The minimum Gasteiger partial charge on any atom is -0.396 e. The topological polar surface area (TPSA) is 80.4 Å². The molecule has 3 N–H and O–H groups in total. The molecule has 1 aliphatic carbocycles. The van der Waals surface area contributed by atoms with E-state index in [0.29, 0.717) is 5.02 Å². The van der Waals surface area contributed by atoms with Gasteiger partial charge in [0.25, 0.3) is 0 Å². The van der Waals surface area contributed by atoms with Crippen LogP contribution in [0.25, 0.3) is 0 Å². The first-order chi connectivity index (χ1) is 11.0. The number of sulfone groups is 1. The zero-order valence-electron chi connectivity index (χ0n) is 12.4. The molecule has 3 atom stereocenters. The summed E-state index contributed by atoms with van der Waals surface area (Å²) in [5.74, 6) is -0.333. The van der Waals surface area contributed by atoms with Crippen LogP contribution in [0.15, 0.2) is 59.5 Å². The van der Waals surface area contributed by atoms with Crippen molar-refractivity contribution in [3.63, 3.8) is 0 Å². The molecule has 0 saturated heterocycles. The summed E-state index contributed by atoms with van der Waals surface area (Å²) in [7, 11) is -3.58. The molecule has 0 aliphatic heterocycles. The van der Waals surface area contributed by atoms with E-state index in [1.54, 1.807) is 54.6 Å². The van der Waals surface area contributed by atoms with Crippen LogP contribution in [0.5, 0.6) is 0 Å². The summed E-state index contributed by atoms with van der Waals surface area (Å²) in [5.41, 5.74) is 5.84. The van der Waals surface area contributed by atoms with E-state index in [9.17, 15) is 13.5 Å². The van der Waals surface area contributed by atoms with Gasteiger partial charge in [0.15, 0.2) is 9.84 Å². The maximum absolute atomic E-state index is 13.0. The minimum atomic E-state index is -3.58. The van der Waals surface area contributed by atoms with Gasteiger partial charge in [0.2, 0.25) is 0 Å². The number of hydrogen-bond donors (Lipinski definition) is 2. The molecule has 0 bridgehead atoms. The largest absolute Gasteiger partial charge is 0.396 e. The Morgan fingerprint density at radius 2 is 1.70 bits per heavy atom. The second kappa shape index (κ2) is 5.91. The normalized spacial score (nSPS) is 26.9. The lowest BCUT2D eigenvalue weighted by Crippen LogP contribution is -2.27. The summed E-state index contributed by atoms with van der Waals surface area (Å²) in [5, 5.41) is 9.71. The number of nitrogens with two attached hydrogens (primary N) is 1. The number of aliphatic hydroxyl groups excluding tert-OH is 1. The van der Waals surface area contributed by atoms with Crippen LogP contribution in [0.1, 0.15) is 11.5 Å². The maximum Gasteiger partial charge on any atom is 0.182 e. The van der Waals surface area contributed by atoms with Crippen molar-refractivity contribution in [3.8, 4) is 0 Å². The molecule has 0 radical (unpaired) electrons. The van der Waals surface area contributed by atoms with Gasteiger partial charge in [-0.1, -0.05) is 41.9 Å². The predicted molar refractivity (Wildman–Crippen MR) is 90.2 cm³/mol. The average Bonchev–Trinajstić information content (AvgIpc) is 3.27. The van der Waals surface area contributed by atoms with Gasteiger partial charge in [0.05, 0.1) is 16.8 Å². The molecule has 2 aromatic rings. The lowest BCUT2D eigenvalue weighted by atomic mass is 10.0. The van der Waals surface area contributed by atoms with E-state index in [2.05, 4.69) is 0 Å². The molecule has 1 saturated carbocycles. The Morgan fingerprint density at radius 1 is 1.09 bits per heavy atom. The lowest BCUT2D eigenvalue weighted by molar-refractivity contribution is 0.212. The van der Waals surface area contributed by atoms with Gasteiger partial charge in [-0.25, -0.2) is 8.42 Å². The van der Waals surface area contributed by atoms with Crippen LogP contribution in [0.4, 0.5) is 0 Å². The summed E-state index contributed by atoms with van der Waals surface area (Å²) in [6, 6.07) is 15.3. The van der Waals surface area contributed by atoms with Crippen molar-refractivity contribution in [1.29, 1.82) is 0 Å². The molecule has 4 nitrogen and oxygen atoms in total. The Morgan fingerprint density at radius 3 is 2.22 bits per heavy atom. The number of hydrogen-bond acceptors (Lipinski definition) is 4. The molecule has 122 valence electrons. The van der Waals surface area contributed by atoms with Crippen LogP contribution in [-0.2, 0) is 9.84 Å². The van der Waals surface area contributed by atoms with Crippen LogP contribution >= 0.6 is 11.6 Å². The number of halogens is 1. The van der Waals surface area contributed by atoms with Crippen molar-refractivity contribution in [2.45, 2.75) is 16.1 Å². The Bertz CT molecular complexity index is 786. The predicted octanol–water partition coefficient (Wildman–Crippen LogP) is 2.22. The van der Waals surface area contributed by atoms with Gasteiger partial charge in [-0.3, -0.25) is 0 Å². The third-order valence-electron chi connectivity index (χ3n) is 4.69. The monoisotopic (exact) mass is 351 g/mol. The fourth-order valence-corrected chi connectivity index (χ4v) is 5.97. The molecule has 0 heterocycles. The Kier molecular flexibility index (Phi) is 4.23. The molecule has 0 spiro atoms. The van der Waals surface area contributed by atoms with Gasteiger partial charge >= 0.3 is 0 Å². The van der Waals surface area contributed by atoms with Crippen molar-refractivity contribution < 1.29 is 13.5 Å². The summed E-state index contributed by atoms with van der Waals surface area (Å²) in [6.45, 7) is -0.166. The summed E-state index contributed by atoms with van der Waals surface area (Å²) in [4.78, 5) is 0.257. The zero-order chi connectivity index (χ0) is 16.7. The van der Waals surface area contributed by atoms with E-state index in [1.807, 2.05) is 0 Å². The molecule has 0 amide bonds. The van der Waals surface area contributed by atoms with Gasteiger partial charge in [-0.05, 0) is 29.8 Å². The van der Waals surface area contributed by atoms with Crippen molar-refractivity contribution in [3.05, 3.63) is 65.2 Å². The first kappa shape index (κ1) is 16.5. The molecular formula is C17H18ClNO3S. The SMILES string of the molecule is NC[C@]1(CO)[C@@H](c2ccc(Cl)cc2)[C@@H]1S(=O)(=O)c1ccccc1. The lowest BCUT2D eigenvalue weighted by Gasteiger charge is -2.12. The zero-order valence-corrected chi connectivity index (χ0v) is 14.0. The van der Waals surface area contributed by atoms with E-state index < -0.39 is 20.5 Å². The first-order valence-corrected chi connectivity index (χ1v) is 9.25. The van der Waals surface area contributed by atoms with Crippen molar-refractivity contribution in [2.24, 2.45) is 11.1 Å². The Hall–Kier alpha value is -1.40. The first-order valence-electron chi connectivity index (χ1n) is 7.33. The fraction of sp³-hybridized carbons (Fsp3) is 0.294. The molecule has 0 unspecified atom stereocenters. The summed E-state index contributed by atoms with van der Waals surface area (Å²) < 4.78 is 26.0. The third kappa shape index (κ3) is 2.58. The van der Waals surface area contributed by atoms with E-state index in [1.165, 1.54) is 0 Å². The highest BCUT2D eigenvalue weighted by Gasteiger charge is 2.70. The second-order valence-corrected chi connectivity index (χ2v) is 8.41. The molecule has 1 aliphatic rings. The van der Waals surface area contributed by atoms with Crippen LogP contribution in [-0.4, -0.2) is 31.9 Å². The average molecular weight is 352 g/mol. The third-order valence-corrected chi connectivity index (χ3v) is 7.28. The minimum absolute atomic E-state index is 0.105. The van der Waals surface area contributed by atoms with Crippen LogP contribution in [0.3, 0.4) is 0 Å². The Labute approximate surface area is 140 Å². The van der Waals surface area contributed by atoms with Gasteiger partial charge in [0, 0.05) is 22.9 Å². The van der Waals surface area contributed by atoms with Crippen molar-refractivity contribution in [1.82, 2.24) is 0 Å². The van der Waals surface area contributed by atoms with E-state index in [-0.39, 0.29) is 24.0 Å². The molecule has 6 heteroatoms. The van der Waals surface area contributed by atoms with Crippen LogP contribution < -0.4 is 5.73 Å². The molecular weight excluding hydrogens is 334 g/mol. The van der Waals surface area contributed by atoms with Crippen molar-refractivity contribution in [2.75, 3.05) is 13.2 Å². The smallest absolute Gasteiger partial charge is 0.182 e. The van der Waals surface area contributed by atoms with Gasteiger partial charge < -0.3 is 10.8 Å². The highest BCUT2D eigenvalue weighted by atomic mass is 35.5. The molecule has 23 heavy (non-hydrogen) atoms. The van der Waals surface area contributed by atoms with E-state index in [4.69, 9.17) is 17.3 Å². The maximum atomic E-state index is 13.0. The number of rotatable bonds is 5. The highest BCUT2D eigenvalue weighted by molar-refractivity contribution is 7.92. The van der Waals surface area contributed by atoms with Gasteiger partial charge in [0.1, 0.15) is 0 Å². The quantitative estimate of drug-likeness (QED) is 0.865. The molecule has 2 aromatic carbocycles. The molecule has 0 aromatic heterocycles. The van der Waals surface area contributed by atoms with Gasteiger partial charge in [-0.2, -0.15) is 0 Å². The van der Waals surface area contributed by atoms with Crippen molar-refractivity contribution >= 4 is 21.4 Å². The van der Waals surface area contributed by atoms with Crippen LogP contribution in [0.2, 0.25) is 5.02 Å². The number of benzene rings is 2. The summed E-state index contributed by atoms with van der Waals surface area (Å²) >= 11 is 5.91. The molecule has 3 rings (SSSR count).